The zero-order chi connectivity index (χ0) is 9.14. The van der Waals surface area contributed by atoms with Gasteiger partial charge < -0.3 is 6.15 Å². The molecule has 0 unspecified atom stereocenters. The molecule has 0 saturated heterocycles. The van der Waals surface area contributed by atoms with E-state index in [1.54, 1.807) is 0 Å². The molecule has 0 radical (unpaired) electrons. The first kappa shape index (κ1) is 15.9. The van der Waals surface area contributed by atoms with E-state index in [1.807, 2.05) is 0 Å². The van der Waals surface area contributed by atoms with Gasteiger partial charge in [0.2, 0.25) is 6.17 Å². The molecule has 2 nitrogen and oxygen atoms in total. The van der Waals surface area contributed by atoms with Crippen molar-refractivity contribution >= 4 is 24.0 Å². The Kier molecular flexibility index (Phi) is 7.81. The van der Waals surface area contributed by atoms with Crippen LogP contribution < -0.4 is 6.15 Å². The van der Waals surface area contributed by atoms with E-state index >= 15 is 0 Å². The highest BCUT2D eigenvalue weighted by Gasteiger charge is 2.24. The monoisotopic (exact) mass is 248 g/mol. The molecule has 14 heavy (non-hydrogen) atoms. The fraction of sp³-hybridized carbons (Fsp3) is 0.286. The summed E-state index contributed by atoms with van der Waals surface area (Å²) in [6, 6.07) is 2.77. The van der Waals surface area contributed by atoms with Gasteiger partial charge in [-0.25, -0.2) is 13.2 Å². The van der Waals surface area contributed by atoms with Crippen LogP contribution in [0.25, 0.3) is 0 Å². The van der Waals surface area contributed by atoms with Gasteiger partial charge in [0.15, 0.2) is 0 Å². The standard InChI is InChI=1S/C7H5ClF3N.ClH.H3N/c8-4-2-1-3-12-6(4)5(9)7(10)11;;/h1-3,5,7H;1H;1H3/t5-;;/m1../s1. The van der Waals surface area contributed by atoms with Crippen LogP contribution in [0.4, 0.5) is 13.2 Å². The molecule has 0 spiro atoms. The highest BCUT2D eigenvalue weighted by molar-refractivity contribution is 6.31. The zero-order valence-corrected chi connectivity index (χ0v) is 8.53. The molecule has 0 bridgehead atoms. The van der Waals surface area contributed by atoms with E-state index in [9.17, 15) is 13.2 Å². The SMILES string of the molecule is Cl.FC(F)[C@H](F)c1ncccc1Cl.N. The van der Waals surface area contributed by atoms with Crippen molar-refractivity contribution in [2.45, 2.75) is 12.6 Å². The minimum absolute atomic E-state index is 0. The number of halogens is 5. The number of alkyl halides is 3. The lowest BCUT2D eigenvalue weighted by Gasteiger charge is -2.06. The third-order valence-corrected chi connectivity index (χ3v) is 1.59. The first-order valence-electron chi connectivity index (χ1n) is 3.15. The maximum absolute atomic E-state index is 12.6. The molecule has 1 aromatic heterocycles. The lowest BCUT2D eigenvalue weighted by atomic mass is 10.2. The van der Waals surface area contributed by atoms with Crippen LogP contribution in [0.3, 0.4) is 0 Å². The van der Waals surface area contributed by atoms with Gasteiger partial charge in [0, 0.05) is 6.20 Å². The molecule has 1 rings (SSSR count). The summed E-state index contributed by atoms with van der Waals surface area (Å²) in [4.78, 5) is 3.41. The second-order valence-electron chi connectivity index (χ2n) is 2.11. The first-order valence-corrected chi connectivity index (χ1v) is 3.53. The van der Waals surface area contributed by atoms with Crippen molar-refractivity contribution in [1.29, 1.82) is 0 Å². The van der Waals surface area contributed by atoms with Gasteiger partial charge in [-0.1, -0.05) is 11.6 Å². The number of hydrogen-bond acceptors (Lipinski definition) is 2. The van der Waals surface area contributed by atoms with Crippen molar-refractivity contribution in [3.63, 3.8) is 0 Å². The Labute approximate surface area is 90.5 Å². The van der Waals surface area contributed by atoms with E-state index in [0.29, 0.717) is 0 Å². The zero-order valence-electron chi connectivity index (χ0n) is 6.96. The quantitative estimate of drug-likeness (QED) is 0.870. The number of rotatable bonds is 2. The average molecular weight is 249 g/mol. The Morgan fingerprint density at radius 1 is 1.29 bits per heavy atom. The predicted molar refractivity (Wildman–Crippen MR) is 51.4 cm³/mol. The molecule has 0 aromatic carbocycles. The van der Waals surface area contributed by atoms with Crippen molar-refractivity contribution < 1.29 is 13.2 Å². The van der Waals surface area contributed by atoms with Crippen LogP contribution in [0.15, 0.2) is 18.3 Å². The van der Waals surface area contributed by atoms with E-state index in [4.69, 9.17) is 11.6 Å². The Hall–Kier alpha value is -0.520. The summed E-state index contributed by atoms with van der Waals surface area (Å²) in [7, 11) is 0. The molecule has 0 aliphatic heterocycles. The van der Waals surface area contributed by atoms with Crippen molar-refractivity contribution in [3.8, 4) is 0 Å². The van der Waals surface area contributed by atoms with Gasteiger partial charge in [-0.3, -0.25) is 4.98 Å². The van der Waals surface area contributed by atoms with Crippen molar-refractivity contribution in [2.75, 3.05) is 0 Å². The van der Waals surface area contributed by atoms with Gasteiger partial charge >= 0.3 is 0 Å². The number of aromatic nitrogens is 1. The fourth-order valence-electron chi connectivity index (χ4n) is 0.720. The van der Waals surface area contributed by atoms with Gasteiger partial charge in [-0.05, 0) is 12.1 Å². The Bertz CT molecular complexity index is 273. The summed E-state index contributed by atoms with van der Waals surface area (Å²) in [5, 5.41) is -0.0784. The summed E-state index contributed by atoms with van der Waals surface area (Å²) >= 11 is 5.43. The smallest absolute Gasteiger partial charge is 0.275 e. The van der Waals surface area contributed by atoms with Crippen molar-refractivity contribution in [1.82, 2.24) is 11.1 Å². The molecule has 3 N–H and O–H groups in total. The summed E-state index contributed by atoms with van der Waals surface area (Å²) in [5.74, 6) is 0. The Balaban J connectivity index is 0. The van der Waals surface area contributed by atoms with Crippen LogP contribution >= 0.6 is 24.0 Å². The van der Waals surface area contributed by atoms with Crippen molar-refractivity contribution in [2.24, 2.45) is 0 Å². The van der Waals surface area contributed by atoms with Gasteiger partial charge in [0.05, 0.1) is 10.7 Å². The third-order valence-electron chi connectivity index (χ3n) is 1.27. The molecule has 1 atom stereocenters. The number of nitrogens with zero attached hydrogens (tertiary/aromatic N) is 1. The predicted octanol–water partition coefficient (Wildman–Crippen LogP) is 3.59. The molecule has 0 aliphatic carbocycles. The maximum atomic E-state index is 12.6. The minimum atomic E-state index is -3.09. The van der Waals surface area contributed by atoms with Crippen LogP contribution in [-0.4, -0.2) is 11.4 Å². The number of pyridine rings is 1. The molecule has 0 saturated carbocycles. The average Bonchev–Trinajstić information content (AvgIpc) is 2.04. The van der Waals surface area contributed by atoms with Gasteiger partial charge in [-0.15, -0.1) is 12.4 Å². The molecule has 0 amide bonds. The molecule has 0 fully saturated rings. The summed E-state index contributed by atoms with van der Waals surface area (Å²) < 4.78 is 36.3. The van der Waals surface area contributed by atoms with Crippen LogP contribution in [-0.2, 0) is 0 Å². The molecule has 7 heteroatoms. The molecule has 1 aromatic rings. The summed E-state index contributed by atoms with van der Waals surface area (Å²) in [6.07, 6.45) is -4.27. The van der Waals surface area contributed by atoms with E-state index < -0.39 is 18.3 Å². The molecular weight excluding hydrogens is 240 g/mol. The second kappa shape index (κ2) is 6.86. The highest BCUT2D eigenvalue weighted by Crippen LogP contribution is 2.27. The molecule has 82 valence electrons. The fourth-order valence-corrected chi connectivity index (χ4v) is 0.946. The van der Waals surface area contributed by atoms with Gasteiger partial charge in [0.25, 0.3) is 6.43 Å². The van der Waals surface area contributed by atoms with Crippen LogP contribution in [0.1, 0.15) is 11.9 Å². The molecular formula is C7H9Cl2F3N2. The van der Waals surface area contributed by atoms with Crippen LogP contribution in [0.5, 0.6) is 0 Å². The lowest BCUT2D eigenvalue weighted by Crippen LogP contribution is -2.05. The lowest BCUT2D eigenvalue weighted by molar-refractivity contribution is 0.0473. The highest BCUT2D eigenvalue weighted by atomic mass is 35.5. The van der Waals surface area contributed by atoms with Crippen LogP contribution in [0, 0.1) is 0 Å². The Morgan fingerprint density at radius 3 is 2.29 bits per heavy atom. The maximum Gasteiger partial charge on any atom is 0.275 e. The summed E-state index contributed by atoms with van der Waals surface area (Å²) in [6.45, 7) is 0. The largest absolute Gasteiger partial charge is 0.344 e. The van der Waals surface area contributed by atoms with Gasteiger partial charge in [-0.2, -0.15) is 0 Å². The first-order chi connectivity index (χ1) is 5.63. The van der Waals surface area contributed by atoms with Crippen LogP contribution in [0.2, 0.25) is 5.02 Å². The molecule has 1 heterocycles. The van der Waals surface area contributed by atoms with Crippen molar-refractivity contribution in [3.05, 3.63) is 29.0 Å². The third kappa shape index (κ3) is 3.69. The minimum Gasteiger partial charge on any atom is -0.344 e. The van der Waals surface area contributed by atoms with E-state index in [1.165, 1.54) is 18.3 Å². The molecule has 0 aliphatic rings. The number of hydrogen-bond donors (Lipinski definition) is 1. The normalized spacial score (nSPS) is 11.5. The Morgan fingerprint density at radius 2 is 1.86 bits per heavy atom. The summed E-state index contributed by atoms with van der Waals surface area (Å²) in [5.41, 5.74) is -0.408. The topological polar surface area (TPSA) is 47.9 Å². The van der Waals surface area contributed by atoms with E-state index in [0.717, 1.165) is 0 Å². The van der Waals surface area contributed by atoms with Gasteiger partial charge in [0.1, 0.15) is 0 Å². The van der Waals surface area contributed by atoms with E-state index in [-0.39, 0.29) is 23.6 Å². The second-order valence-corrected chi connectivity index (χ2v) is 2.51. The van der Waals surface area contributed by atoms with E-state index in [2.05, 4.69) is 4.98 Å².